The molecule has 1 aromatic heterocycles. The molecule has 0 saturated heterocycles. The van der Waals surface area contributed by atoms with Crippen molar-refractivity contribution in [2.75, 3.05) is 0 Å². The summed E-state index contributed by atoms with van der Waals surface area (Å²) in [7, 11) is 0. The Bertz CT molecular complexity index is 1900. The summed E-state index contributed by atoms with van der Waals surface area (Å²) in [6, 6.07) is 38.5. The van der Waals surface area contributed by atoms with Crippen LogP contribution in [0, 0.1) is 5.41 Å². The van der Waals surface area contributed by atoms with Crippen molar-refractivity contribution in [1.82, 2.24) is 0 Å². The molecule has 0 spiro atoms. The van der Waals surface area contributed by atoms with E-state index in [1.807, 2.05) is 60.7 Å². The van der Waals surface area contributed by atoms with Crippen LogP contribution in [0.4, 0.5) is 0 Å². The smallest absolute Gasteiger partial charge is 0.0687 e. The molecule has 5 aromatic carbocycles. The third-order valence-corrected chi connectivity index (χ3v) is 8.16. The van der Waals surface area contributed by atoms with E-state index in [4.69, 9.17) is 5.41 Å². The fraction of sp³-hybridized carbons (Fsp3) is 0.0278. The van der Waals surface area contributed by atoms with Gasteiger partial charge in [0.1, 0.15) is 0 Å². The first-order chi connectivity index (χ1) is 18.7. The molecule has 1 nitrogen and oxygen atoms in total. The fourth-order valence-electron chi connectivity index (χ4n) is 5.16. The van der Waals surface area contributed by atoms with Crippen LogP contribution in [-0.4, -0.2) is 5.71 Å². The Balaban J connectivity index is 1.41. The number of thiophene rings is 1. The highest BCUT2D eigenvalue weighted by Crippen LogP contribution is 2.39. The molecule has 0 bridgehead atoms. The fourth-order valence-corrected chi connectivity index (χ4v) is 6.34. The van der Waals surface area contributed by atoms with Crippen molar-refractivity contribution < 1.29 is 0 Å². The molecule has 0 saturated carbocycles. The Morgan fingerprint density at radius 1 is 0.684 bits per heavy atom. The quantitative estimate of drug-likeness (QED) is 0.172. The normalized spacial score (nSPS) is 12.3. The van der Waals surface area contributed by atoms with Gasteiger partial charge in [-0.2, -0.15) is 0 Å². The van der Waals surface area contributed by atoms with Gasteiger partial charge in [0.05, 0.1) is 5.71 Å². The van der Waals surface area contributed by atoms with Gasteiger partial charge in [-0.05, 0) is 64.2 Å². The number of nitrogens with one attached hydrogen (secondary N) is 1. The summed E-state index contributed by atoms with van der Waals surface area (Å²) in [5.41, 5.74) is 6.70. The first-order valence-electron chi connectivity index (χ1n) is 12.8. The van der Waals surface area contributed by atoms with Crippen LogP contribution >= 0.6 is 11.3 Å². The van der Waals surface area contributed by atoms with E-state index in [2.05, 4.69) is 85.4 Å². The predicted octanol–water partition coefficient (Wildman–Crippen LogP) is 10.5. The van der Waals surface area contributed by atoms with E-state index in [-0.39, 0.29) is 0 Å². The molecule has 0 aliphatic rings. The van der Waals surface area contributed by atoms with E-state index < -0.39 is 0 Å². The number of allylic oxidation sites excluding steroid dienone is 5. The number of hydrogen-bond acceptors (Lipinski definition) is 2. The Kier molecular flexibility index (Phi) is 6.33. The summed E-state index contributed by atoms with van der Waals surface area (Å²) < 4.78 is 2.61. The van der Waals surface area contributed by atoms with Crippen LogP contribution in [0.2, 0.25) is 0 Å². The van der Waals surface area contributed by atoms with Gasteiger partial charge < -0.3 is 0 Å². The zero-order chi connectivity index (χ0) is 26.1. The van der Waals surface area contributed by atoms with Crippen molar-refractivity contribution in [2.24, 2.45) is 0 Å². The Morgan fingerprint density at radius 2 is 1.37 bits per heavy atom. The monoisotopic (exact) mass is 505 g/mol. The Morgan fingerprint density at radius 3 is 2.13 bits per heavy atom. The summed E-state index contributed by atoms with van der Waals surface area (Å²) in [4.78, 5) is 0. The van der Waals surface area contributed by atoms with Crippen LogP contribution in [0.5, 0.6) is 0 Å². The van der Waals surface area contributed by atoms with Gasteiger partial charge in [0, 0.05) is 31.3 Å². The largest absolute Gasteiger partial charge is 0.300 e. The van der Waals surface area contributed by atoms with Gasteiger partial charge in [0.15, 0.2) is 0 Å². The highest BCUT2D eigenvalue weighted by atomic mass is 32.1. The van der Waals surface area contributed by atoms with Crippen LogP contribution in [0.1, 0.15) is 18.1 Å². The number of rotatable bonds is 6. The van der Waals surface area contributed by atoms with E-state index in [0.717, 1.165) is 27.8 Å². The molecule has 6 rings (SSSR count). The van der Waals surface area contributed by atoms with Crippen molar-refractivity contribution in [3.8, 4) is 11.1 Å². The van der Waals surface area contributed by atoms with Crippen molar-refractivity contribution in [3.05, 3.63) is 151 Å². The van der Waals surface area contributed by atoms with Crippen molar-refractivity contribution in [2.45, 2.75) is 6.92 Å². The molecule has 1 N–H and O–H groups in total. The van der Waals surface area contributed by atoms with Crippen molar-refractivity contribution >= 4 is 53.6 Å². The third kappa shape index (κ3) is 4.30. The van der Waals surface area contributed by atoms with E-state index in [9.17, 15) is 0 Å². The molecule has 0 unspecified atom stereocenters. The number of benzene rings is 5. The minimum Gasteiger partial charge on any atom is -0.300 e. The van der Waals surface area contributed by atoms with Gasteiger partial charge in [-0.25, -0.2) is 0 Å². The lowest BCUT2D eigenvalue weighted by Gasteiger charge is -2.15. The zero-order valence-corrected chi connectivity index (χ0v) is 22.1. The van der Waals surface area contributed by atoms with Gasteiger partial charge in [-0.15, -0.1) is 11.3 Å². The van der Waals surface area contributed by atoms with Crippen molar-refractivity contribution in [1.29, 1.82) is 5.41 Å². The van der Waals surface area contributed by atoms with Gasteiger partial charge >= 0.3 is 0 Å². The molecule has 0 aliphatic heterocycles. The van der Waals surface area contributed by atoms with E-state index in [0.29, 0.717) is 5.71 Å². The molecule has 0 amide bonds. The van der Waals surface area contributed by atoms with Gasteiger partial charge in [-0.3, -0.25) is 5.41 Å². The lowest BCUT2D eigenvalue weighted by Crippen LogP contribution is -2.06. The second kappa shape index (κ2) is 10.1. The summed E-state index contributed by atoms with van der Waals surface area (Å²) in [5, 5.41) is 14.1. The van der Waals surface area contributed by atoms with Gasteiger partial charge in [0.2, 0.25) is 0 Å². The molecule has 2 heteroatoms. The molecule has 6 aromatic rings. The molecule has 0 atom stereocenters. The van der Waals surface area contributed by atoms with Gasteiger partial charge in [-0.1, -0.05) is 110 Å². The molecule has 0 aliphatic carbocycles. The lowest BCUT2D eigenvalue weighted by molar-refractivity contribution is 1.45. The predicted molar refractivity (Wildman–Crippen MR) is 167 cm³/mol. The average molecular weight is 506 g/mol. The van der Waals surface area contributed by atoms with Crippen LogP contribution in [0.3, 0.4) is 0 Å². The first kappa shape index (κ1) is 23.8. The molecule has 1 heterocycles. The second-order valence-electron chi connectivity index (χ2n) is 9.35. The maximum atomic E-state index is 8.92. The highest BCUT2D eigenvalue weighted by Gasteiger charge is 2.15. The third-order valence-electron chi connectivity index (χ3n) is 7.04. The topological polar surface area (TPSA) is 23.9 Å². The van der Waals surface area contributed by atoms with Crippen LogP contribution in [0.15, 0.2) is 140 Å². The molecular formula is C36H27NS. The summed E-state index contributed by atoms with van der Waals surface area (Å²) in [6.45, 7) is 5.95. The highest BCUT2D eigenvalue weighted by molar-refractivity contribution is 7.25. The minimum absolute atomic E-state index is 0.505. The lowest BCUT2D eigenvalue weighted by atomic mass is 9.89. The Hall–Kier alpha value is -4.53. The van der Waals surface area contributed by atoms with Crippen LogP contribution < -0.4 is 0 Å². The number of fused-ring (bicyclic) bond motifs is 4. The average Bonchev–Trinajstić information content (AvgIpc) is 3.32. The molecular weight excluding hydrogens is 478 g/mol. The van der Waals surface area contributed by atoms with Gasteiger partial charge in [0.25, 0.3) is 0 Å². The van der Waals surface area contributed by atoms with E-state index in [1.165, 1.54) is 36.5 Å². The Labute approximate surface area is 227 Å². The first-order valence-corrected chi connectivity index (χ1v) is 13.6. The second-order valence-corrected chi connectivity index (χ2v) is 10.4. The molecule has 0 fully saturated rings. The maximum absolute atomic E-state index is 8.92. The zero-order valence-electron chi connectivity index (χ0n) is 21.2. The number of hydrogen-bond donors (Lipinski definition) is 1. The summed E-state index contributed by atoms with van der Waals surface area (Å²) in [6.07, 6.45) is 5.83. The van der Waals surface area contributed by atoms with Crippen LogP contribution in [0.25, 0.3) is 47.6 Å². The SMILES string of the molecule is C=C/C=C(\C(=C/C)C(=N)c1ccccc1)c1cccc(-c2ccc3c(c2)sc2cc4ccccc4cc23)c1. The van der Waals surface area contributed by atoms with Crippen LogP contribution in [-0.2, 0) is 0 Å². The molecule has 182 valence electrons. The minimum atomic E-state index is 0.505. The van der Waals surface area contributed by atoms with E-state index in [1.54, 1.807) is 6.08 Å². The maximum Gasteiger partial charge on any atom is 0.0687 e. The summed E-state index contributed by atoms with van der Waals surface area (Å²) in [5.74, 6) is 0. The standard InChI is InChI=1S/C36H27NS/c1-3-11-31(30(4-2)36(37)24-12-6-5-7-13-24)29-17-10-16-25(20-29)28-18-19-32-33-21-26-14-8-9-15-27(26)22-35(33)38-34(32)23-28/h3-23,37H,1H2,2H3/b30-4+,31-11-,37-36?. The summed E-state index contributed by atoms with van der Waals surface area (Å²) >= 11 is 1.85. The van der Waals surface area contributed by atoms with E-state index >= 15 is 0 Å². The molecule has 38 heavy (non-hydrogen) atoms. The molecule has 0 radical (unpaired) electrons. The van der Waals surface area contributed by atoms with Crippen molar-refractivity contribution in [3.63, 3.8) is 0 Å².